The molecule has 1 aromatic carbocycles. The summed E-state index contributed by atoms with van der Waals surface area (Å²) in [6.45, 7) is 1.99. The fourth-order valence-electron chi connectivity index (χ4n) is 4.22. The molecule has 3 aliphatic rings. The zero-order valence-electron chi connectivity index (χ0n) is 10.2. The van der Waals surface area contributed by atoms with Gasteiger partial charge in [-0.1, -0.05) is 43.3 Å². The maximum atomic E-state index is 12.8. The molecule has 90 valence electrons. The first kappa shape index (κ1) is 10.2. The topological polar surface area (TPSA) is 34.1 Å². The number of carbonyl (C=O) groups is 2. The van der Waals surface area contributed by atoms with Crippen LogP contribution in [0.2, 0.25) is 0 Å². The molecule has 0 spiro atoms. The highest BCUT2D eigenvalue weighted by Gasteiger charge is 2.62. The Kier molecular flexibility index (Phi) is 1.71. The Bertz CT molecular complexity index is 613. The SMILES string of the molecule is C[C@@]12C(=O)c3ccccc3C(=O)C1[C@H]1C=C[C@@H]2C1. The molecule has 0 aliphatic heterocycles. The molecule has 1 saturated carbocycles. The standard InChI is InChI=1S/C16H14O2/c1-16-10-7-6-9(8-10)13(16)14(17)11-4-2-3-5-12(11)15(16)18/h2-7,9-10,13H,8H2,1H3/t9-,10+,13?,16-/m0/s1. The van der Waals surface area contributed by atoms with Crippen LogP contribution in [0.15, 0.2) is 36.4 Å². The van der Waals surface area contributed by atoms with E-state index in [1.165, 1.54) is 0 Å². The smallest absolute Gasteiger partial charge is 0.170 e. The van der Waals surface area contributed by atoms with Gasteiger partial charge in [-0.2, -0.15) is 0 Å². The van der Waals surface area contributed by atoms with Gasteiger partial charge in [0.25, 0.3) is 0 Å². The van der Waals surface area contributed by atoms with Crippen molar-refractivity contribution in [2.24, 2.45) is 23.2 Å². The predicted molar refractivity (Wildman–Crippen MR) is 67.4 cm³/mol. The molecule has 2 heteroatoms. The van der Waals surface area contributed by atoms with E-state index >= 15 is 0 Å². The number of fused-ring (bicyclic) bond motifs is 6. The Morgan fingerprint density at radius 3 is 2.61 bits per heavy atom. The van der Waals surface area contributed by atoms with Gasteiger partial charge in [0.2, 0.25) is 0 Å². The van der Waals surface area contributed by atoms with Gasteiger partial charge in [-0.15, -0.1) is 0 Å². The van der Waals surface area contributed by atoms with Crippen LogP contribution < -0.4 is 0 Å². The Morgan fingerprint density at radius 1 is 1.11 bits per heavy atom. The van der Waals surface area contributed by atoms with E-state index in [-0.39, 0.29) is 29.3 Å². The van der Waals surface area contributed by atoms with Crippen molar-refractivity contribution in [3.05, 3.63) is 47.5 Å². The largest absolute Gasteiger partial charge is 0.294 e. The predicted octanol–water partition coefficient (Wildman–Crippen LogP) is 2.89. The van der Waals surface area contributed by atoms with Crippen molar-refractivity contribution >= 4 is 11.6 Å². The van der Waals surface area contributed by atoms with E-state index in [9.17, 15) is 9.59 Å². The number of hydrogen-bond donors (Lipinski definition) is 0. The fourth-order valence-corrected chi connectivity index (χ4v) is 4.22. The minimum Gasteiger partial charge on any atom is -0.294 e. The molecule has 0 aromatic heterocycles. The quantitative estimate of drug-likeness (QED) is 0.651. The maximum absolute atomic E-state index is 12.8. The fraction of sp³-hybridized carbons (Fsp3) is 0.375. The van der Waals surface area contributed by atoms with Crippen molar-refractivity contribution < 1.29 is 9.59 Å². The lowest BCUT2D eigenvalue weighted by Gasteiger charge is -2.40. The number of allylic oxidation sites excluding steroid dienone is 2. The van der Waals surface area contributed by atoms with Crippen molar-refractivity contribution in [2.45, 2.75) is 13.3 Å². The Labute approximate surface area is 106 Å². The second kappa shape index (κ2) is 3.00. The van der Waals surface area contributed by atoms with Crippen molar-refractivity contribution in [2.75, 3.05) is 0 Å². The van der Waals surface area contributed by atoms with Crippen LogP contribution in [-0.4, -0.2) is 11.6 Å². The molecule has 18 heavy (non-hydrogen) atoms. The lowest BCUT2D eigenvalue weighted by molar-refractivity contribution is 0.0552. The van der Waals surface area contributed by atoms with Crippen molar-refractivity contribution in [1.29, 1.82) is 0 Å². The second-order valence-corrected chi connectivity index (χ2v) is 5.89. The summed E-state index contributed by atoms with van der Waals surface area (Å²) in [6, 6.07) is 7.28. The molecular weight excluding hydrogens is 224 g/mol. The molecular formula is C16H14O2. The van der Waals surface area contributed by atoms with Crippen LogP contribution in [-0.2, 0) is 0 Å². The van der Waals surface area contributed by atoms with Crippen molar-refractivity contribution in [3.8, 4) is 0 Å². The third kappa shape index (κ3) is 0.925. The molecule has 4 atom stereocenters. The minimum atomic E-state index is -0.495. The molecule has 1 aromatic rings. The van der Waals surface area contributed by atoms with Gasteiger partial charge in [-0.3, -0.25) is 9.59 Å². The molecule has 0 N–H and O–H groups in total. The lowest BCUT2D eigenvalue weighted by Crippen LogP contribution is -2.47. The van der Waals surface area contributed by atoms with Gasteiger partial charge in [0.05, 0.1) is 0 Å². The first-order chi connectivity index (χ1) is 8.64. The second-order valence-electron chi connectivity index (χ2n) is 5.89. The lowest BCUT2D eigenvalue weighted by atomic mass is 9.59. The molecule has 1 unspecified atom stereocenters. The number of rotatable bonds is 0. The van der Waals surface area contributed by atoms with E-state index in [0.717, 1.165) is 6.42 Å². The summed E-state index contributed by atoms with van der Waals surface area (Å²) >= 11 is 0. The van der Waals surface area contributed by atoms with Crippen LogP contribution in [0.4, 0.5) is 0 Å². The van der Waals surface area contributed by atoms with E-state index in [2.05, 4.69) is 12.2 Å². The number of carbonyl (C=O) groups excluding carboxylic acids is 2. The average Bonchev–Trinajstić information content (AvgIpc) is 2.96. The summed E-state index contributed by atoms with van der Waals surface area (Å²) in [6.07, 6.45) is 5.24. The van der Waals surface area contributed by atoms with Crippen LogP contribution in [0.1, 0.15) is 34.1 Å². The normalized spacial score (nSPS) is 39.9. The van der Waals surface area contributed by atoms with Crippen molar-refractivity contribution in [3.63, 3.8) is 0 Å². The number of hydrogen-bond acceptors (Lipinski definition) is 2. The van der Waals surface area contributed by atoms with Crippen LogP contribution in [0, 0.1) is 23.2 Å². The monoisotopic (exact) mass is 238 g/mol. The third-order valence-corrected chi connectivity index (χ3v) is 5.17. The van der Waals surface area contributed by atoms with Crippen LogP contribution in [0.25, 0.3) is 0 Å². The van der Waals surface area contributed by atoms with Gasteiger partial charge in [0, 0.05) is 22.5 Å². The van der Waals surface area contributed by atoms with Crippen LogP contribution >= 0.6 is 0 Å². The van der Waals surface area contributed by atoms with E-state index in [0.29, 0.717) is 11.1 Å². The highest BCUT2D eigenvalue weighted by Crippen LogP contribution is 2.60. The Hall–Kier alpha value is -1.70. The molecule has 0 heterocycles. The first-order valence-electron chi connectivity index (χ1n) is 6.50. The first-order valence-corrected chi connectivity index (χ1v) is 6.50. The van der Waals surface area contributed by atoms with Crippen molar-refractivity contribution in [1.82, 2.24) is 0 Å². The average molecular weight is 238 g/mol. The maximum Gasteiger partial charge on any atom is 0.170 e. The summed E-state index contributed by atoms with van der Waals surface area (Å²) in [5, 5.41) is 0. The zero-order chi connectivity index (χ0) is 12.5. The van der Waals surface area contributed by atoms with E-state index in [1.807, 2.05) is 19.1 Å². The van der Waals surface area contributed by atoms with Gasteiger partial charge in [-0.25, -0.2) is 0 Å². The zero-order valence-corrected chi connectivity index (χ0v) is 10.2. The molecule has 2 nitrogen and oxygen atoms in total. The summed E-state index contributed by atoms with van der Waals surface area (Å²) in [7, 11) is 0. The molecule has 0 amide bonds. The van der Waals surface area contributed by atoms with E-state index in [1.54, 1.807) is 12.1 Å². The molecule has 0 saturated heterocycles. The summed E-state index contributed by atoms with van der Waals surface area (Å²) in [5.41, 5.74) is 0.762. The molecule has 4 rings (SSSR count). The molecule has 3 aliphatic carbocycles. The molecule has 2 bridgehead atoms. The minimum absolute atomic E-state index is 0.130. The van der Waals surface area contributed by atoms with Crippen LogP contribution in [0.3, 0.4) is 0 Å². The highest BCUT2D eigenvalue weighted by atomic mass is 16.1. The van der Waals surface area contributed by atoms with Gasteiger partial charge >= 0.3 is 0 Å². The number of benzene rings is 1. The summed E-state index contributed by atoms with van der Waals surface area (Å²) < 4.78 is 0. The molecule has 1 fully saturated rings. The molecule has 0 radical (unpaired) electrons. The Balaban J connectivity index is 2.00. The summed E-state index contributed by atoms with van der Waals surface area (Å²) in [4.78, 5) is 25.4. The summed E-state index contributed by atoms with van der Waals surface area (Å²) in [5.74, 6) is 0.723. The third-order valence-electron chi connectivity index (χ3n) is 5.17. The van der Waals surface area contributed by atoms with E-state index in [4.69, 9.17) is 0 Å². The Morgan fingerprint density at radius 2 is 1.83 bits per heavy atom. The van der Waals surface area contributed by atoms with Gasteiger partial charge in [-0.05, 0) is 18.3 Å². The van der Waals surface area contributed by atoms with E-state index < -0.39 is 5.41 Å². The van der Waals surface area contributed by atoms with Gasteiger partial charge in [0.15, 0.2) is 11.6 Å². The number of ketones is 2. The number of Topliss-reactive ketones (excluding diaryl/α,β-unsaturated/α-hetero) is 2. The van der Waals surface area contributed by atoms with Gasteiger partial charge in [0.1, 0.15) is 0 Å². The highest BCUT2D eigenvalue weighted by molar-refractivity contribution is 6.18. The van der Waals surface area contributed by atoms with Gasteiger partial charge < -0.3 is 0 Å². The van der Waals surface area contributed by atoms with Crippen LogP contribution in [0.5, 0.6) is 0 Å².